The number of fused-ring (bicyclic) bond motifs is 1. The minimum atomic E-state index is -0.0524. The van der Waals surface area contributed by atoms with E-state index in [-0.39, 0.29) is 5.56 Å². The number of benzene rings is 1. The van der Waals surface area contributed by atoms with Crippen molar-refractivity contribution in [2.45, 2.75) is 18.8 Å². The van der Waals surface area contributed by atoms with E-state index < -0.39 is 0 Å². The zero-order chi connectivity index (χ0) is 14.4. The molecule has 21 heavy (non-hydrogen) atoms. The van der Waals surface area contributed by atoms with Crippen molar-refractivity contribution in [3.8, 4) is 11.4 Å². The van der Waals surface area contributed by atoms with Crippen LogP contribution in [0.1, 0.15) is 24.5 Å². The minimum absolute atomic E-state index is 0.0524. The van der Waals surface area contributed by atoms with Crippen molar-refractivity contribution in [2.24, 2.45) is 0 Å². The Morgan fingerprint density at radius 2 is 2.00 bits per heavy atom. The summed E-state index contributed by atoms with van der Waals surface area (Å²) >= 11 is 2.10. The lowest BCUT2D eigenvalue weighted by molar-refractivity contribution is 0.959. The van der Waals surface area contributed by atoms with Crippen molar-refractivity contribution in [2.75, 3.05) is 0 Å². The molecule has 4 nitrogen and oxygen atoms in total. The third-order valence-electron chi connectivity index (χ3n) is 3.76. The summed E-state index contributed by atoms with van der Waals surface area (Å²) in [6.07, 6.45) is 4.01. The van der Waals surface area contributed by atoms with Gasteiger partial charge in [-0.3, -0.25) is 9.78 Å². The van der Waals surface area contributed by atoms with E-state index in [1.54, 1.807) is 6.20 Å². The Morgan fingerprint density at radius 3 is 2.81 bits per heavy atom. The van der Waals surface area contributed by atoms with Crippen molar-refractivity contribution in [3.05, 3.63) is 56.1 Å². The molecule has 1 fully saturated rings. The number of aromatic amines is 1. The number of nitrogens with zero attached hydrogens (tertiary/aromatic N) is 2. The van der Waals surface area contributed by atoms with Gasteiger partial charge in [-0.05, 0) is 47.6 Å². The second-order valence-corrected chi connectivity index (χ2v) is 6.34. The SMILES string of the molecule is O=c1[nH]c(-c2ccnc3ccccc23)nc(C2CC2)c1I. The van der Waals surface area contributed by atoms with E-state index >= 15 is 0 Å². The van der Waals surface area contributed by atoms with Crippen LogP contribution < -0.4 is 5.56 Å². The molecule has 1 aliphatic rings. The van der Waals surface area contributed by atoms with Gasteiger partial charge < -0.3 is 4.98 Å². The van der Waals surface area contributed by atoms with E-state index in [2.05, 4.69) is 32.6 Å². The highest BCUT2D eigenvalue weighted by Gasteiger charge is 2.29. The smallest absolute Gasteiger partial charge is 0.264 e. The summed E-state index contributed by atoms with van der Waals surface area (Å²) in [5.74, 6) is 1.09. The molecule has 4 rings (SSSR count). The molecule has 0 aliphatic heterocycles. The number of hydrogen-bond donors (Lipinski definition) is 1. The number of pyridine rings is 1. The third kappa shape index (κ3) is 2.25. The fourth-order valence-electron chi connectivity index (χ4n) is 2.53. The molecule has 104 valence electrons. The monoisotopic (exact) mass is 389 g/mol. The number of nitrogens with one attached hydrogen (secondary N) is 1. The van der Waals surface area contributed by atoms with Crippen molar-refractivity contribution < 1.29 is 0 Å². The van der Waals surface area contributed by atoms with Crippen molar-refractivity contribution in [1.29, 1.82) is 0 Å². The lowest BCUT2D eigenvalue weighted by Gasteiger charge is -2.08. The molecule has 0 radical (unpaired) electrons. The summed E-state index contributed by atoms with van der Waals surface area (Å²) in [5.41, 5.74) is 2.72. The molecule has 0 amide bonds. The Kier molecular flexibility index (Phi) is 3.02. The summed E-state index contributed by atoms with van der Waals surface area (Å²) in [7, 11) is 0. The fourth-order valence-corrected chi connectivity index (χ4v) is 3.23. The van der Waals surface area contributed by atoms with Crippen LogP contribution in [0.15, 0.2) is 41.3 Å². The minimum Gasteiger partial charge on any atom is -0.306 e. The molecular formula is C16H12IN3O. The number of aromatic nitrogens is 3. The van der Waals surface area contributed by atoms with E-state index in [4.69, 9.17) is 4.98 Å². The van der Waals surface area contributed by atoms with E-state index in [1.165, 1.54) is 0 Å². The Morgan fingerprint density at radius 1 is 1.19 bits per heavy atom. The first-order valence-corrected chi connectivity index (χ1v) is 7.96. The van der Waals surface area contributed by atoms with Crippen LogP contribution in [0.4, 0.5) is 0 Å². The van der Waals surface area contributed by atoms with Gasteiger partial charge in [-0.25, -0.2) is 4.98 Å². The first-order valence-electron chi connectivity index (χ1n) is 6.88. The zero-order valence-electron chi connectivity index (χ0n) is 11.1. The molecule has 0 bridgehead atoms. The predicted octanol–water partition coefficient (Wildman–Crippen LogP) is 3.47. The van der Waals surface area contributed by atoms with Gasteiger partial charge in [-0.2, -0.15) is 0 Å². The molecule has 1 aromatic carbocycles. The van der Waals surface area contributed by atoms with Gasteiger partial charge >= 0.3 is 0 Å². The lowest BCUT2D eigenvalue weighted by atomic mass is 10.1. The topological polar surface area (TPSA) is 58.6 Å². The molecule has 0 atom stereocenters. The van der Waals surface area contributed by atoms with Gasteiger partial charge in [0.25, 0.3) is 5.56 Å². The second kappa shape index (κ2) is 4.91. The van der Waals surface area contributed by atoms with E-state index in [9.17, 15) is 4.79 Å². The first-order chi connectivity index (χ1) is 10.2. The summed E-state index contributed by atoms with van der Waals surface area (Å²) in [5, 5.41) is 1.01. The van der Waals surface area contributed by atoms with Gasteiger partial charge in [0.1, 0.15) is 5.82 Å². The Bertz CT molecular complexity index is 894. The van der Waals surface area contributed by atoms with Crippen LogP contribution in [0.2, 0.25) is 0 Å². The van der Waals surface area contributed by atoms with E-state index in [0.29, 0.717) is 11.7 Å². The maximum atomic E-state index is 12.2. The summed E-state index contributed by atoms with van der Waals surface area (Å²) in [6.45, 7) is 0. The van der Waals surface area contributed by atoms with Crippen molar-refractivity contribution in [3.63, 3.8) is 0 Å². The van der Waals surface area contributed by atoms with Crippen molar-refractivity contribution in [1.82, 2.24) is 15.0 Å². The van der Waals surface area contributed by atoms with Crippen LogP contribution in [-0.4, -0.2) is 15.0 Å². The fraction of sp³-hybridized carbons (Fsp3) is 0.188. The molecule has 5 heteroatoms. The molecule has 1 aliphatic carbocycles. The number of para-hydroxylation sites is 1. The van der Waals surface area contributed by atoms with E-state index in [0.717, 1.165) is 38.6 Å². The van der Waals surface area contributed by atoms with Crippen LogP contribution in [0.5, 0.6) is 0 Å². The molecule has 1 saturated carbocycles. The Hall–Kier alpha value is -1.76. The van der Waals surface area contributed by atoms with Crippen molar-refractivity contribution >= 4 is 33.5 Å². The van der Waals surface area contributed by atoms with Crippen LogP contribution in [0.3, 0.4) is 0 Å². The molecular weight excluding hydrogens is 377 g/mol. The van der Waals surface area contributed by atoms with Crippen LogP contribution >= 0.6 is 22.6 Å². The average molecular weight is 389 g/mol. The Balaban J connectivity index is 1.99. The summed E-state index contributed by atoms with van der Waals surface area (Å²) < 4.78 is 0.720. The number of halogens is 1. The highest BCUT2D eigenvalue weighted by molar-refractivity contribution is 14.1. The van der Waals surface area contributed by atoms with Gasteiger partial charge in [-0.15, -0.1) is 0 Å². The van der Waals surface area contributed by atoms with Gasteiger partial charge in [0.15, 0.2) is 0 Å². The summed E-state index contributed by atoms with van der Waals surface area (Å²) in [6, 6.07) is 9.81. The highest BCUT2D eigenvalue weighted by atomic mass is 127. The van der Waals surface area contributed by atoms with Gasteiger partial charge in [-0.1, -0.05) is 18.2 Å². The highest BCUT2D eigenvalue weighted by Crippen LogP contribution is 2.40. The largest absolute Gasteiger partial charge is 0.306 e. The normalized spacial score (nSPS) is 14.5. The maximum Gasteiger partial charge on any atom is 0.264 e. The molecule has 3 aromatic rings. The van der Waals surface area contributed by atoms with Gasteiger partial charge in [0.2, 0.25) is 0 Å². The van der Waals surface area contributed by atoms with Gasteiger partial charge in [0, 0.05) is 23.1 Å². The quantitative estimate of drug-likeness (QED) is 0.683. The number of hydrogen-bond acceptors (Lipinski definition) is 3. The van der Waals surface area contributed by atoms with Crippen LogP contribution in [0, 0.1) is 3.57 Å². The first kappa shape index (κ1) is 12.9. The summed E-state index contributed by atoms with van der Waals surface area (Å²) in [4.78, 5) is 24.2. The molecule has 0 saturated heterocycles. The maximum absolute atomic E-state index is 12.2. The average Bonchev–Trinajstić information content (AvgIpc) is 3.34. The molecule has 2 aromatic heterocycles. The van der Waals surface area contributed by atoms with Crippen LogP contribution in [-0.2, 0) is 0 Å². The Labute approximate surface area is 134 Å². The van der Waals surface area contributed by atoms with Crippen LogP contribution in [0.25, 0.3) is 22.3 Å². The lowest BCUT2D eigenvalue weighted by Crippen LogP contribution is -2.16. The van der Waals surface area contributed by atoms with E-state index in [1.807, 2.05) is 30.3 Å². The van der Waals surface area contributed by atoms with Gasteiger partial charge in [0.05, 0.1) is 14.8 Å². The predicted molar refractivity (Wildman–Crippen MR) is 90.3 cm³/mol. The number of rotatable bonds is 2. The second-order valence-electron chi connectivity index (χ2n) is 5.26. The standard InChI is InChI=1S/C16H12IN3O/c17-13-14(9-5-6-9)19-15(20-16(13)21)11-7-8-18-12-4-2-1-3-10(11)12/h1-4,7-9H,5-6H2,(H,19,20,21). The molecule has 2 heterocycles. The molecule has 0 unspecified atom stereocenters. The molecule has 0 spiro atoms. The zero-order valence-corrected chi connectivity index (χ0v) is 13.3. The third-order valence-corrected chi connectivity index (χ3v) is 4.80. The molecule has 1 N–H and O–H groups in total. The number of H-pyrrole nitrogens is 1.